The lowest BCUT2D eigenvalue weighted by atomic mass is 9.77. The predicted octanol–water partition coefficient (Wildman–Crippen LogP) is 3.60. The number of ether oxygens (including phenoxy) is 5. The van der Waals surface area contributed by atoms with Gasteiger partial charge < -0.3 is 28.8 Å². The van der Waals surface area contributed by atoms with E-state index < -0.39 is 23.0 Å². The van der Waals surface area contributed by atoms with Crippen LogP contribution < -0.4 is 0 Å². The maximum atomic E-state index is 12.5. The fourth-order valence-corrected chi connectivity index (χ4v) is 5.37. The Bertz CT molecular complexity index is 603. The highest BCUT2D eigenvalue weighted by Gasteiger charge is 2.57. The van der Waals surface area contributed by atoms with Crippen molar-refractivity contribution in [3.05, 3.63) is 0 Å². The van der Waals surface area contributed by atoms with Gasteiger partial charge in [0.25, 0.3) is 0 Å². The molecule has 0 aromatic heterocycles. The number of hydrogen-bond donors (Lipinski definition) is 1. The first-order valence-corrected chi connectivity index (χ1v) is 11.7. The molecule has 1 N–H and O–H groups in total. The van der Waals surface area contributed by atoms with Crippen LogP contribution in [-0.2, 0) is 28.5 Å². The van der Waals surface area contributed by atoms with Crippen molar-refractivity contribution in [2.24, 2.45) is 0 Å². The van der Waals surface area contributed by atoms with E-state index in [0.29, 0.717) is 19.4 Å². The van der Waals surface area contributed by atoms with Crippen molar-refractivity contribution in [3.63, 3.8) is 0 Å². The summed E-state index contributed by atoms with van der Waals surface area (Å²) in [5.41, 5.74) is -1.83. The summed E-state index contributed by atoms with van der Waals surface area (Å²) in [6.45, 7) is 6.19. The lowest BCUT2D eigenvalue weighted by Gasteiger charge is -2.42. The van der Waals surface area contributed by atoms with Gasteiger partial charge in [-0.05, 0) is 52.9 Å². The first-order valence-electron chi connectivity index (χ1n) is 11.7. The summed E-state index contributed by atoms with van der Waals surface area (Å²) >= 11 is 0. The summed E-state index contributed by atoms with van der Waals surface area (Å²) in [5, 5.41) is 11.4. The number of fused-ring (bicyclic) bond motifs is 1. The molecule has 0 aromatic rings. The van der Waals surface area contributed by atoms with E-state index in [0.717, 1.165) is 44.9 Å². The molecule has 2 heterocycles. The monoisotopic (exact) mass is 426 g/mol. The number of aliphatic hydroxyl groups is 1. The number of hydrogen-bond acceptors (Lipinski definition) is 7. The largest absolute Gasteiger partial charge is 0.460 e. The summed E-state index contributed by atoms with van der Waals surface area (Å²) in [4.78, 5) is 12.5. The van der Waals surface area contributed by atoms with Gasteiger partial charge in [0.2, 0.25) is 0 Å². The first kappa shape index (κ1) is 22.5. The third-order valence-corrected chi connectivity index (χ3v) is 6.59. The molecule has 4 fully saturated rings. The molecule has 4 rings (SSSR count). The second-order valence-electron chi connectivity index (χ2n) is 10.6. The molecular weight excluding hydrogens is 388 g/mol. The van der Waals surface area contributed by atoms with Gasteiger partial charge in [-0.1, -0.05) is 6.42 Å². The maximum Gasteiger partial charge on any atom is 0.309 e. The summed E-state index contributed by atoms with van der Waals surface area (Å²) in [7, 11) is 0. The Morgan fingerprint density at radius 3 is 2.50 bits per heavy atom. The fraction of sp³-hybridized carbons (Fsp3) is 0.957. The van der Waals surface area contributed by atoms with Gasteiger partial charge in [-0.25, -0.2) is 0 Å². The lowest BCUT2D eigenvalue weighted by molar-refractivity contribution is -0.241. The summed E-state index contributed by atoms with van der Waals surface area (Å²) < 4.78 is 30.5. The Kier molecular flexibility index (Phi) is 6.48. The van der Waals surface area contributed by atoms with Gasteiger partial charge >= 0.3 is 5.97 Å². The highest BCUT2D eigenvalue weighted by Crippen LogP contribution is 2.48. The zero-order valence-corrected chi connectivity index (χ0v) is 18.7. The minimum atomic E-state index is -1.24. The predicted molar refractivity (Wildman–Crippen MR) is 109 cm³/mol. The summed E-state index contributed by atoms with van der Waals surface area (Å²) in [6, 6.07) is 0. The van der Waals surface area contributed by atoms with Crippen LogP contribution in [0.5, 0.6) is 0 Å². The molecular formula is C23H38O7. The Morgan fingerprint density at radius 2 is 1.83 bits per heavy atom. The Morgan fingerprint density at radius 1 is 1.07 bits per heavy atom. The molecule has 2 aliphatic heterocycles. The number of carbonyl (C=O) groups excluding carboxylic acids is 1. The Hall–Kier alpha value is -0.730. The molecule has 5 atom stereocenters. The quantitative estimate of drug-likeness (QED) is 0.688. The average molecular weight is 427 g/mol. The lowest BCUT2D eigenvalue weighted by Crippen LogP contribution is -2.54. The van der Waals surface area contributed by atoms with E-state index in [1.807, 2.05) is 20.8 Å². The molecule has 2 aliphatic carbocycles. The van der Waals surface area contributed by atoms with E-state index in [2.05, 4.69) is 0 Å². The second kappa shape index (κ2) is 8.66. The smallest absolute Gasteiger partial charge is 0.309 e. The van der Waals surface area contributed by atoms with E-state index in [1.165, 1.54) is 6.42 Å². The summed E-state index contributed by atoms with van der Waals surface area (Å²) in [5.74, 6) is -0.970. The van der Waals surface area contributed by atoms with Crippen LogP contribution in [0.2, 0.25) is 0 Å². The van der Waals surface area contributed by atoms with Crippen LogP contribution in [-0.4, -0.2) is 59.3 Å². The van der Waals surface area contributed by atoms with Crippen LogP contribution >= 0.6 is 0 Å². The van der Waals surface area contributed by atoms with Gasteiger partial charge in [0, 0.05) is 32.3 Å². The van der Waals surface area contributed by atoms with Gasteiger partial charge in [0.1, 0.15) is 11.7 Å². The Labute approximate surface area is 179 Å². The molecule has 1 unspecified atom stereocenters. The van der Waals surface area contributed by atoms with Crippen molar-refractivity contribution in [1.82, 2.24) is 0 Å². The number of rotatable bonds is 4. The molecule has 2 saturated heterocycles. The zero-order valence-electron chi connectivity index (χ0n) is 18.7. The van der Waals surface area contributed by atoms with E-state index in [4.69, 9.17) is 23.7 Å². The van der Waals surface area contributed by atoms with Crippen LogP contribution in [0.25, 0.3) is 0 Å². The highest BCUT2D eigenvalue weighted by molar-refractivity contribution is 5.71. The average Bonchev–Trinajstić information content (AvgIpc) is 2.98. The van der Waals surface area contributed by atoms with Crippen LogP contribution in [0.1, 0.15) is 91.4 Å². The molecule has 0 radical (unpaired) electrons. The minimum absolute atomic E-state index is 0.0742. The minimum Gasteiger partial charge on any atom is -0.460 e. The standard InChI is InChI=1S/C23H38O7/c1-21(2,3)29-18(24)15-22(25)13-16(27-19-9-5-8-12-26-19)20-17(14-22)28-23(30-20)10-6-4-7-11-23/h16-17,19-20,25H,4-15H2,1-3H3/t16-,17-,19?,20+,22-/m1/s1. The van der Waals surface area contributed by atoms with Crippen molar-refractivity contribution in [1.29, 1.82) is 0 Å². The van der Waals surface area contributed by atoms with Gasteiger partial charge in [-0.2, -0.15) is 0 Å². The van der Waals surface area contributed by atoms with Crippen LogP contribution in [0.4, 0.5) is 0 Å². The molecule has 7 heteroatoms. The molecule has 2 saturated carbocycles. The second-order valence-corrected chi connectivity index (χ2v) is 10.6. The maximum absolute atomic E-state index is 12.5. The van der Waals surface area contributed by atoms with E-state index >= 15 is 0 Å². The first-order chi connectivity index (χ1) is 14.2. The van der Waals surface area contributed by atoms with Crippen molar-refractivity contribution in [2.45, 2.75) is 133 Å². The zero-order chi connectivity index (χ0) is 21.4. The fourth-order valence-electron chi connectivity index (χ4n) is 5.37. The molecule has 0 amide bonds. The number of carbonyl (C=O) groups is 1. The van der Waals surface area contributed by atoms with Gasteiger partial charge in [0.05, 0.1) is 24.2 Å². The number of esters is 1. The van der Waals surface area contributed by atoms with Crippen molar-refractivity contribution in [3.8, 4) is 0 Å². The van der Waals surface area contributed by atoms with Crippen LogP contribution in [0, 0.1) is 0 Å². The van der Waals surface area contributed by atoms with Gasteiger partial charge in [-0.3, -0.25) is 4.79 Å². The third kappa shape index (κ3) is 5.36. The van der Waals surface area contributed by atoms with Crippen molar-refractivity contribution >= 4 is 5.97 Å². The van der Waals surface area contributed by atoms with Crippen LogP contribution in [0.15, 0.2) is 0 Å². The molecule has 0 bridgehead atoms. The molecule has 7 nitrogen and oxygen atoms in total. The van der Waals surface area contributed by atoms with Crippen LogP contribution in [0.3, 0.4) is 0 Å². The molecule has 4 aliphatic rings. The van der Waals surface area contributed by atoms with E-state index in [1.54, 1.807) is 0 Å². The normalized spacial score (nSPS) is 38.9. The summed E-state index contributed by atoms with van der Waals surface area (Å²) in [6.07, 6.45) is 7.44. The van der Waals surface area contributed by atoms with Crippen molar-refractivity contribution < 1.29 is 33.6 Å². The van der Waals surface area contributed by atoms with Gasteiger partial charge in [-0.15, -0.1) is 0 Å². The third-order valence-electron chi connectivity index (χ3n) is 6.59. The van der Waals surface area contributed by atoms with Gasteiger partial charge in [0.15, 0.2) is 12.1 Å². The molecule has 30 heavy (non-hydrogen) atoms. The highest BCUT2D eigenvalue weighted by atomic mass is 16.8. The van der Waals surface area contributed by atoms with E-state index in [9.17, 15) is 9.90 Å². The topological polar surface area (TPSA) is 83.5 Å². The molecule has 0 aromatic carbocycles. The Balaban J connectivity index is 1.49. The van der Waals surface area contributed by atoms with E-state index in [-0.39, 0.29) is 31.0 Å². The van der Waals surface area contributed by atoms with Crippen molar-refractivity contribution in [2.75, 3.05) is 6.61 Å². The molecule has 1 spiro atoms. The molecule has 172 valence electrons. The SMILES string of the molecule is CC(C)(C)OC(=O)C[C@@]1(O)C[C@@H](OC2CCCCO2)[C@@H]2OC3(CCCCC3)O[C@@H]2C1.